The number of aliphatic hydroxyl groups excluding tert-OH is 1. The summed E-state index contributed by atoms with van der Waals surface area (Å²) in [4.78, 5) is 12.2. The number of hydrogen-bond acceptors (Lipinski definition) is 3. The van der Waals surface area contributed by atoms with Crippen LogP contribution < -0.4 is 5.32 Å². The van der Waals surface area contributed by atoms with Crippen LogP contribution in [0.25, 0.3) is 0 Å². The number of amides is 1. The van der Waals surface area contributed by atoms with Crippen LogP contribution in [-0.4, -0.2) is 36.4 Å². The Labute approximate surface area is 111 Å². The van der Waals surface area contributed by atoms with Gasteiger partial charge in [0.15, 0.2) is 0 Å². The third-order valence-electron chi connectivity index (χ3n) is 3.58. The number of carbonyl (C=O) groups excluding carboxylic acids is 1. The first-order chi connectivity index (χ1) is 9.06. The highest BCUT2D eigenvalue weighted by molar-refractivity contribution is 5.96. The number of benzene rings is 1. The number of aliphatic hydroxyl groups is 1. The molecule has 19 heavy (non-hydrogen) atoms. The zero-order valence-electron chi connectivity index (χ0n) is 10.9. The quantitative estimate of drug-likeness (QED) is 0.870. The van der Waals surface area contributed by atoms with E-state index in [9.17, 15) is 14.3 Å². The molecular formula is C14H18FNO3. The summed E-state index contributed by atoms with van der Waals surface area (Å²) in [5.74, 6) is -0.797. The summed E-state index contributed by atoms with van der Waals surface area (Å²) in [7, 11) is 0. The summed E-state index contributed by atoms with van der Waals surface area (Å²) in [5.41, 5.74) is 0.354. The third-order valence-corrected chi connectivity index (χ3v) is 3.58. The van der Waals surface area contributed by atoms with E-state index in [1.165, 1.54) is 12.1 Å². The highest BCUT2D eigenvalue weighted by Crippen LogP contribution is 2.21. The van der Waals surface area contributed by atoms with Crippen LogP contribution in [0, 0.1) is 12.7 Å². The van der Waals surface area contributed by atoms with Crippen molar-refractivity contribution in [1.82, 2.24) is 5.32 Å². The number of hydrogen-bond donors (Lipinski definition) is 2. The van der Waals surface area contributed by atoms with Crippen molar-refractivity contribution in [1.29, 1.82) is 0 Å². The standard InChI is InChI=1S/C14H18FNO3/c1-10-2-3-11(15)8-12(10)13(18)16-14(9-17)4-6-19-7-5-14/h2-3,8,17H,4-7,9H2,1H3,(H,16,18). The number of rotatable bonds is 3. The molecule has 2 N–H and O–H groups in total. The van der Waals surface area contributed by atoms with Crippen LogP contribution in [0.15, 0.2) is 18.2 Å². The van der Waals surface area contributed by atoms with Gasteiger partial charge in [0.1, 0.15) is 5.82 Å². The lowest BCUT2D eigenvalue weighted by molar-refractivity contribution is 0.0125. The fraction of sp³-hybridized carbons (Fsp3) is 0.500. The van der Waals surface area contributed by atoms with Gasteiger partial charge in [-0.25, -0.2) is 4.39 Å². The summed E-state index contributed by atoms with van der Waals surface area (Å²) < 4.78 is 18.4. The summed E-state index contributed by atoms with van der Waals surface area (Å²) in [5, 5.41) is 12.3. The zero-order valence-corrected chi connectivity index (χ0v) is 10.9. The number of carbonyl (C=O) groups is 1. The molecule has 1 heterocycles. The SMILES string of the molecule is Cc1ccc(F)cc1C(=O)NC1(CO)CCOCC1. The highest BCUT2D eigenvalue weighted by atomic mass is 19.1. The van der Waals surface area contributed by atoms with E-state index in [0.29, 0.717) is 37.2 Å². The van der Waals surface area contributed by atoms with Crippen LogP contribution in [0.4, 0.5) is 4.39 Å². The molecule has 1 fully saturated rings. The topological polar surface area (TPSA) is 58.6 Å². The Morgan fingerprint density at radius 2 is 2.16 bits per heavy atom. The lowest BCUT2D eigenvalue weighted by atomic mass is 9.90. The number of aryl methyl sites for hydroxylation is 1. The van der Waals surface area contributed by atoms with E-state index < -0.39 is 11.4 Å². The second kappa shape index (κ2) is 5.67. The normalized spacial score (nSPS) is 18.1. The average molecular weight is 267 g/mol. The first-order valence-corrected chi connectivity index (χ1v) is 6.34. The molecule has 104 valence electrons. The van der Waals surface area contributed by atoms with Crippen LogP contribution in [-0.2, 0) is 4.74 Å². The molecule has 0 unspecified atom stereocenters. The van der Waals surface area contributed by atoms with Crippen LogP contribution in [0.1, 0.15) is 28.8 Å². The van der Waals surface area contributed by atoms with Crippen molar-refractivity contribution >= 4 is 5.91 Å². The van der Waals surface area contributed by atoms with Crippen LogP contribution in [0.3, 0.4) is 0 Å². The van der Waals surface area contributed by atoms with Crippen molar-refractivity contribution < 1.29 is 19.0 Å². The molecule has 1 amide bonds. The molecule has 0 aliphatic carbocycles. The summed E-state index contributed by atoms with van der Waals surface area (Å²) in [6, 6.07) is 4.11. The minimum atomic E-state index is -0.659. The monoisotopic (exact) mass is 267 g/mol. The molecule has 1 aromatic rings. The second-order valence-electron chi connectivity index (χ2n) is 4.96. The molecule has 0 saturated carbocycles. The van der Waals surface area contributed by atoms with Gasteiger partial charge in [-0.2, -0.15) is 0 Å². The minimum Gasteiger partial charge on any atom is -0.394 e. The van der Waals surface area contributed by atoms with Crippen molar-refractivity contribution in [3.8, 4) is 0 Å². The van der Waals surface area contributed by atoms with Crippen LogP contribution >= 0.6 is 0 Å². The van der Waals surface area contributed by atoms with E-state index >= 15 is 0 Å². The van der Waals surface area contributed by atoms with E-state index in [2.05, 4.69) is 5.32 Å². The maximum Gasteiger partial charge on any atom is 0.252 e. The van der Waals surface area contributed by atoms with Crippen molar-refractivity contribution in [3.63, 3.8) is 0 Å². The first-order valence-electron chi connectivity index (χ1n) is 6.34. The van der Waals surface area contributed by atoms with E-state index in [4.69, 9.17) is 4.74 Å². The molecule has 0 radical (unpaired) electrons. The predicted octanol–water partition coefficient (Wildman–Crippen LogP) is 1.41. The van der Waals surface area contributed by atoms with Gasteiger partial charge in [-0.1, -0.05) is 6.07 Å². The first kappa shape index (κ1) is 14.0. The van der Waals surface area contributed by atoms with Crippen molar-refractivity contribution in [2.75, 3.05) is 19.8 Å². The molecule has 4 nitrogen and oxygen atoms in total. The van der Waals surface area contributed by atoms with Crippen LogP contribution in [0.2, 0.25) is 0 Å². The fourth-order valence-electron chi connectivity index (χ4n) is 2.23. The van der Waals surface area contributed by atoms with Gasteiger partial charge in [-0.15, -0.1) is 0 Å². The molecule has 2 rings (SSSR count). The maximum atomic E-state index is 13.2. The molecule has 1 aromatic carbocycles. The van der Waals surface area contributed by atoms with Gasteiger partial charge >= 0.3 is 0 Å². The van der Waals surface area contributed by atoms with Crippen molar-refractivity contribution in [2.45, 2.75) is 25.3 Å². The number of halogens is 1. The van der Waals surface area contributed by atoms with E-state index in [-0.39, 0.29) is 12.5 Å². The van der Waals surface area contributed by atoms with Gasteiger partial charge in [-0.05, 0) is 37.5 Å². The summed E-state index contributed by atoms with van der Waals surface area (Å²) in [6.45, 7) is 2.62. The molecule has 0 atom stereocenters. The van der Waals surface area contributed by atoms with Gasteiger partial charge < -0.3 is 15.2 Å². The molecule has 5 heteroatoms. The molecule has 0 aromatic heterocycles. The molecule has 0 spiro atoms. The number of ether oxygens (including phenoxy) is 1. The van der Waals surface area contributed by atoms with E-state index in [1.807, 2.05) is 0 Å². The molecule has 1 aliphatic rings. The molecular weight excluding hydrogens is 249 g/mol. The van der Waals surface area contributed by atoms with Gasteiger partial charge in [-0.3, -0.25) is 4.79 Å². The predicted molar refractivity (Wildman–Crippen MR) is 68.5 cm³/mol. The number of nitrogens with one attached hydrogen (secondary N) is 1. The zero-order chi connectivity index (χ0) is 13.9. The Morgan fingerprint density at radius 1 is 1.47 bits per heavy atom. The van der Waals surface area contributed by atoms with Gasteiger partial charge in [0.25, 0.3) is 5.91 Å². The van der Waals surface area contributed by atoms with Crippen LogP contribution in [0.5, 0.6) is 0 Å². The summed E-state index contributed by atoms with van der Waals surface area (Å²) in [6.07, 6.45) is 1.12. The Bertz CT molecular complexity index is 470. The van der Waals surface area contributed by atoms with E-state index in [1.54, 1.807) is 13.0 Å². The lowest BCUT2D eigenvalue weighted by Gasteiger charge is -2.36. The van der Waals surface area contributed by atoms with Gasteiger partial charge in [0, 0.05) is 18.8 Å². The Kier molecular flexibility index (Phi) is 4.17. The maximum absolute atomic E-state index is 13.2. The molecule has 1 saturated heterocycles. The fourth-order valence-corrected chi connectivity index (χ4v) is 2.23. The summed E-state index contributed by atoms with van der Waals surface area (Å²) >= 11 is 0. The van der Waals surface area contributed by atoms with Gasteiger partial charge in [0.2, 0.25) is 0 Å². The van der Waals surface area contributed by atoms with Gasteiger partial charge in [0.05, 0.1) is 12.1 Å². The largest absolute Gasteiger partial charge is 0.394 e. The highest BCUT2D eigenvalue weighted by Gasteiger charge is 2.34. The third kappa shape index (κ3) is 3.11. The molecule has 0 bridgehead atoms. The smallest absolute Gasteiger partial charge is 0.252 e. The lowest BCUT2D eigenvalue weighted by Crippen LogP contribution is -2.54. The Balaban J connectivity index is 2.17. The Morgan fingerprint density at radius 3 is 2.79 bits per heavy atom. The van der Waals surface area contributed by atoms with Crippen molar-refractivity contribution in [2.24, 2.45) is 0 Å². The average Bonchev–Trinajstić information content (AvgIpc) is 2.42. The Hall–Kier alpha value is -1.46. The molecule has 1 aliphatic heterocycles. The van der Waals surface area contributed by atoms with E-state index in [0.717, 1.165) is 0 Å². The van der Waals surface area contributed by atoms with Crippen molar-refractivity contribution in [3.05, 3.63) is 35.1 Å². The minimum absolute atomic E-state index is 0.142. The second-order valence-corrected chi connectivity index (χ2v) is 4.96.